The molecule has 0 aromatic heterocycles. The van der Waals surface area contributed by atoms with E-state index in [9.17, 15) is 0 Å². The van der Waals surface area contributed by atoms with Gasteiger partial charge in [0.05, 0.1) is 0 Å². The Bertz CT molecular complexity index is 1840. The molecule has 0 spiro atoms. The van der Waals surface area contributed by atoms with Gasteiger partial charge in [-0.1, -0.05) is 0 Å². The summed E-state index contributed by atoms with van der Waals surface area (Å²) in [7, 11) is -11.1. The fraction of sp³-hybridized carbons (Fsp3) is 0.760. The predicted octanol–water partition coefficient (Wildman–Crippen LogP) is 22.5. The van der Waals surface area contributed by atoms with Gasteiger partial charge in [0.1, 0.15) is 0 Å². The van der Waals surface area contributed by atoms with Gasteiger partial charge < -0.3 is 0 Å². The van der Waals surface area contributed by atoms with E-state index in [1.807, 2.05) is 32.3 Å². The summed E-state index contributed by atoms with van der Waals surface area (Å²) in [5.74, 6) is 0. The molecule has 0 saturated carbocycles. The molecule has 0 radical (unpaired) electrons. The maximum absolute atomic E-state index is 2.85. The molecule has 7 heteroatoms. The zero-order valence-corrected chi connectivity index (χ0v) is 66.0. The molecule has 0 fully saturated rings. The predicted molar refractivity (Wildman–Crippen MR) is 395 cm³/mol. The van der Waals surface area contributed by atoms with Gasteiger partial charge in [-0.2, -0.15) is 0 Å². The van der Waals surface area contributed by atoms with Gasteiger partial charge >= 0.3 is 530 Å². The van der Waals surface area contributed by atoms with Gasteiger partial charge in [0.2, 0.25) is 0 Å². The second-order valence-corrected chi connectivity index (χ2v) is 58.5. The van der Waals surface area contributed by atoms with Crippen molar-refractivity contribution in [2.75, 3.05) is 0 Å². The number of hydrogen-bond acceptors (Lipinski definition) is 0. The summed E-state index contributed by atoms with van der Waals surface area (Å²) < 4.78 is 0. The first-order valence-electron chi connectivity index (χ1n) is 36.8. The standard InChI is InChI=1S/3C25H47Si2.Cr/c3*1-8-17-26(18-9-2,19-10-3)24-16-14-15-23(7)25(24)27(20-11-4,21-12-5)22-13-6;/h3*14-16H,7-13,17-22H2,1-6H3;. The van der Waals surface area contributed by atoms with E-state index in [-0.39, 0.29) is 0 Å². The van der Waals surface area contributed by atoms with E-state index in [2.05, 4.69) is 195 Å². The first-order valence-corrected chi connectivity index (χ1v) is 55.2. The van der Waals surface area contributed by atoms with E-state index in [0.29, 0.717) is 0 Å². The van der Waals surface area contributed by atoms with Gasteiger partial charge in [-0.15, -0.1) is 0 Å². The van der Waals surface area contributed by atoms with Crippen molar-refractivity contribution in [1.82, 2.24) is 0 Å². The summed E-state index contributed by atoms with van der Waals surface area (Å²) in [6, 6.07) is 52.1. The zero-order chi connectivity index (χ0) is 60.7. The molecule has 0 aliphatic heterocycles. The molecule has 0 atom stereocenters. The second kappa shape index (κ2) is 39.5. The Morgan fingerprint density at radius 1 is 0.207 bits per heavy atom. The van der Waals surface area contributed by atoms with Crippen molar-refractivity contribution in [3.63, 3.8) is 0 Å². The van der Waals surface area contributed by atoms with Crippen LogP contribution in [0.25, 0.3) is 0 Å². The molecule has 3 aromatic carbocycles. The van der Waals surface area contributed by atoms with Crippen LogP contribution in [0.2, 0.25) is 109 Å². The number of hydrogen-bond donors (Lipinski definition) is 0. The van der Waals surface area contributed by atoms with Crippen LogP contribution in [-0.4, -0.2) is 48.4 Å². The van der Waals surface area contributed by atoms with Crippen molar-refractivity contribution >= 4 is 79.6 Å². The molecule has 0 bridgehead atoms. The summed E-state index contributed by atoms with van der Waals surface area (Å²) in [6.07, 6.45) is 24.3. The second-order valence-electron chi connectivity index (χ2n) is 27.7. The minimum atomic E-state index is -1.90. The molecule has 0 saturated heterocycles. The average Bonchev–Trinajstić information content (AvgIpc) is 3.61. The Hall–Kier alpha value is -0.506. The molecule has 0 amide bonds. The Labute approximate surface area is 525 Å². The van der Waals surface area contributed by atoms with Crippen molar-refractivity contribution < 1.29 is 14.1 Å². The summed E-state index contributed by atoms with van der Waals surface area (Å²) >= 11 is -1.43. The molecular weight excluding hydrogens is 1120 g/mol. The molecule has 0 heterocycles. The van der Waals surface area contributed by atoms with E-state index >= 15 is 0 Å². The monoisotopic (exact) mass is 1260 g/mol. The Morgan fingerprint density at radius 2 is 0.354 bits per heavy atom. The molecule has 82 heavy (non-hydrogen) atoms. The van der Waals surface area contributed by atoms with Gasteiger partial charge in [0.15, 0.2) is 0 Å². The van der Waals surface area contributed by atoms with Crippen LogP contribution in [0, 0.1) is 0 Å². The van der Waals surface area contributed by atoms with Crippen molar-refractivity contribution in [3.8, 4) is 0 Å². The van der Waals surface area contributed by atoms with Crippen molar-refractivity contribution in [2.45, 2.75) is 365 Å². The first kappa shape index (κ1) is 75.7. The number of rotatable bonds is 48. The van der Waals surface area contributed by atoms with E-state index in [4.69, 9.17) is 0 Å². The van der Waals surface area contributed by atoms with Crippen LogP contribution in [0.15, 0.2) is 54.6 Å². The molecule has 3 rings (SSSR count). The summed E-state index contributed by atoms with van der Waals surface area (Å²) in [6.45, 7) is 46.3. The van der Waals surface area contributed by atoms with Gasteiger partial charge in [0, 0.05) is 0 Å². The van der Waals surface area contributed by atoms with Crippen molar-refractivity contribution in [3.05, 3.63) is 71.3 Å². The third kappa shape index (κ3) is 18.8. The Balaban J connectivity index is 2.94. The SMILES string of the molecule is CCC[Si](CCC)(CCC)c1cccc([CH2][Cr]([CH2]c2cccc([Si](CCC)(CCC)CCC)c2[Si](CCC)(CCC)CCC)[CH2]c2cccc([Si](CCC)(CCC)CCC)c2[Si](CCC)(CCC)CCC)c1[Si](CCC)(CCC)CCC. The normalized spacial score (nSPS) is 13.1. The van der Waals surface area contributed by atoms with Gasteiger partial charge in [-0.05, 0) is 0 Å². The third-order valence-corrected chi connectivity index (χ3v) is 60.9. The van der Waals surface area contributed by atoms with Crippen LogP contribution in [0.1, 0.15) is 257 Å². The average molecular weight is 1260 g/mol. The van der Waals surface area contributed by atoms with Gasteiger partial charge in [-0.3, -0.25) is 0 Å². The quantitative estimate of drug-likeness (QED) is 0.0494. The van der Waals surface area contributed by atoms with Crippen molar-refractivity contribution in [2.24, 2.45) is 0 Å². The molecule has 0 aliphatic rings. The van der Waals surface area contributed by atoms with Crippen LogP contribution >= 0.6 is 0 Å². The van der Waals surface area contributed by atoms with Crippen LogP contribution in [-0.2, 0) is 30.0 Å². The Morgan fingerprint density at radius 3 is 0.500 bits per heavy atom. The molecule has 471 valence electrons. The van der Waals surface area contributed by atoms with Gasteiger partial charge in [-0.25, -0.2) is 0 Å². The van der Waals surface area contributed by atoms with Crippen LogP contribution < -0.4 is 31.1 Å². The minimum absolute atomic E-state index is 1.35. The van der Waals surface area contributed by atoms with Crippen molar-refractivity contribution in [1.29, 1.82) is 0 Å². The molecule has 0 N–H and O–H groups in total. The fourth-order valence-electron chi connectivity index (χ4n) is 19.4. The third-order valence-electron chi connectivity index (χ3n) is 21.0. The van der Waals surface area contributed by atoms with Crippen LogP contribution in [0.3, 0.4) is 0 Å². The Kier molecular flexibility index (Phi) is 36.5. The van der Waals surface area contributed by atoms with Crippen LogP contribution in [0.4, 0.5) is 0 Å². The fourth-order valence-corrected chi connectivity index (χ4v) is 62.8. The summed E-state index contributed by atoms with van der Waals surface area (Å²) in [5.41, 5.74) is 5.78. The summed E-state index contributed by atoms with van der Waals surface area (Å²) in [4.78, 5) is 0. The molecule has 0 aliphatic carbocycles. The van der Waals surface area contributed by atoms with E-state index < -0.39 is 62.6 Å². The maximum atomic E-state index is 2.85. The van der Waals surface area contributed by atoms with E-state index in [1.165, 1.54) is 240 Å². The molecule has 3 aromatic rings. The first-order chi connectivity index (χ1) is 39.7. The van der Waals surface area contributed by atoms with E-state index in [1.54, 1.807) is 0 Å². The van der Waals surface area contributed by atoms with Crippen LogP contribution in [0.5, 0.6) is 0 Å². The molecular formula is C75H141CrSi6. The van der Waals surface area contributed by atoms with E-state index in [0.717, 1.165) is 0 Å². The van der Waals surface area contributed by atoms with Gasteiger partial charge in [0.25, 0.3) is 0 Å². The number of benzene rings is 3. The molecule has 0 nitrogen and oxygen atoms in total. The zero-order valence-electron chi connectivity index (χ0n) is 58.7. The molecule has 0 unspecified atom stereocenters. The topological polar surface area (TPSA) is 0 Å². The summed E-state index contributed by atoms with van der Waals surface area (Å²) in [5, 5.41) is 16.6.